The smallest absolute Gasteiger partial charge is 0.269 e. The molecule has 1 aromatic heterocycles. The first-order valence-corrected chi connectivity index (χ1v) is 9.09. The third kappa shape index (κ3) is 5.82. The van der Waals surface area contributed by atoms with Crippen molar-refractivity contribution in [1.82, 2.24) is 15.2 Å². The van der Waals surface area contributed by atoms with Crippen molar-refractivity contribution in [3.63, 3.8) is 0 Å². The maximum atomic E-state index is 12.2. The van der Waals surface area contributed by atoms with Gasteiger partial charge >= 0.3 is 0 Å². The van der Waals surface area contributed by atoms with E-state index >= 15 is 0 Å². The summed E-state index contributed by atoms with van der Waals surface area (Å²) in [6.07, 6.45) is 1.62. The molecular formula is C22H24N4O2. The van der Waals surface area contributed by atoms with Crippen molar-refractivity contribution >= 4 is 17.3 Å². The van der Waals surface area contributed by atoms with Crippen LogP contribution in [0.1, 0.15) is 10.5 Å². The summed E-state index contributed by atoms with van der Waals surface area (Å²) in [7, 11) is 3.93. The molecule has 6 nitrogen and oxygen atoms in total. The van der Waals surface area contributed by atoms with Gasteiger partial charge in [-0.2, -0.15) is 0 Å². The Labute approximate surface area is 165 Å². The molecule has 0 saturated carbocycles. The Kier molecular flexibility index (Phi) is 6.59. The van der Waals surface area contributed by atoms with E-state index in [1.807, 2.05) is 79.7 Å². The number of benzene rings is 2. The Morgan fingerprint density at radius 3 is 2.39 bits per heavy atom. The van der Waals surface area contributed by atoms with Crippen molar-refractivity contribution in [3.8, 4) is 11.5 Å². The molecule has 0 unspecified atom stereocenters. The summed E-state index contributed by atoms with van der Waals surface area (Å²) in [6, 6.07) is 20.8. The quantitative estimate of drug-likeness (QED) is 0.624. The molecule has 3 rings (SSSR count). The van der Waals surface area contributed by atoms with Gasteiger partial charge in [-0.3, -0.25) is 9.78 Å². The van der Waals surface area contributed by atoms with Gasteiger partial charge in [0.05, 0.1) is 0 Å². The summed E-state index contributed by atoms with van der Waals surface area (Å²) >= 11 is 0. The van der Waals surface area contributed by atoms with Crippen LogP contribution < -0.4 is 15.4 Å². The standard InChI is InChI=1S/C22H24N4O2/c1-26(2)15-14-24-22(27)21-16-18(12-13-23-21)25-17-8-10-20(11-9-17)28-19-6-4-3-5-7-19/h3-13,16H,14-15H2,1-2H3,(H,23,25)(H,24,27). The van der Waals surface area contributed by atoms with Crippen molar-refractivity contribution < 1.29 is 9.53 Å². The number of nitrogens with one attached hydrogen (secondary N) is 2. The van der Waals surface area contributed by atoms with Crippen LogP contribution in [0.5, 0.6) is 11.5 Å². The number of likely N-dealkylation sites (N-methyl/N-ethyl adjacent to an activating group) is 1. The molecule has 0 bridgehead atoms. The molecule has 0 aliphatic carbocycles. The Balaban J connectivity index is 1.60. The van der Waals surface area contributed by atoms with E-state index in [1.165, 1.54) is 0 Å². The second kappa shape index (κ2) is 9.53. The highest BCUT2D eigenvalue weighted by Crippen LogP contribution is 2.24. The summed E-state index contributed by atoms with van der Waals surface area (Å²) in [5.41, 5.74) is 2.07. The van der Waals surface area contributed by atoms with E-state index in [0.29, 0.717) is 12.2 Å². The van der Waals surface area contributed by atoms with Gasteiger partial charge in [-0.05, 0) is 62.6 Å². The van der Waals surface area contributed by atoms with Gasteiger partial charge in [-0.25, -0.2) is 0 Å². The van der Waals surface area contributed by atoms with E-state index in [1.54, 1.807) is 12.3 Å². The highest BCUT2D eigenvalue weighted by atomic mass is 16.5. The lowest BCUT2D eigenvalue weighted by Crippen LogP contribution is -2.31. The molecule has 28 heavy (non-hydrogen) atoms. The highest BCUT2D eigenvalue weighted by molar-refractivity contribution is 5.93. The average molecular weight is 376 g/mol. The van der Waals surface area contributed by atoms with Gasteiger partial charge in [-0.15, -0.1) is 0 Å². The van der Waals surface area contributed by atoms with Gasteiger partial charge in [0.1, 0.15) is 17.2 Å². The molecule has 0 fully saturated rings. The summed E-state index contributed by atoms with van der Waals surface area (Å²) in [5.74, 6) is 1.37. The molecule has 3 aromatic rings. The molecule has 0 aliphatic heterocycles. The predicted molar refractivity (Wildman–Crippen MR) is 111 cm³/mol. The number of anilines is 2. The number of para-hydroxylation sites is 1. The number of carbonyl (C=O) groups excluding carboxylic acids is 1. The topological polar surface area (TPSA) is 66.5 Å². The number of aromatic nitrogens is 1. The van der Waals surface area contributed by atoms with Crippen molar-refractivity contribution in [2.75, 3.05) is 32.5 Å². The second-order valence-corrected chi connectivity index (χ2v) is 6.55. The lowest BCUT2D eigenvalue weighted by molar-refractivity contribution is 0.0946. The number of carbonyl (C=O) groups is 1. The molecule has 1 amide bonds. The van der Waals surface area contributed by atoms with Crippen molar-refractivity contribution in [2.24, 2.45) is 0 Å². The van der Waals surface area contributed by atoms with Crippen molar-refractivity contribution in [2.45, 2.75) is 0 Å². The van der Waals surface area contributed by atoms with Crippen LogP contribution in [-0.4, -0.2) is 43.0 Å². The molecule has 2 N–H and O–H groups in total. The molecule has 144 valence electrons. The summed E-state index contributed by atoms with van der Waals surface area (Å²) in [5, 5.41) is 6.15. The number of hydrogen-bond acceptors (Lipinski definition) is 5. The van der Waals surface area contributed by atoms with Crippen molar-refractivity contribution in [3.05, 3.63) is 78.6 Å². The number of pyridine rings is 1. The van der Waals surface area contributed by atoms with Crippen molar-refractivity contribution in [1.29, 1.82) is 0 Å². The van der Waals surface area contributed by atoms with Gasteiger partial charge in [0.2, 0.25) is 0 Å². The summed E-state index contributed by atoms with van der Waals surface area (Å²) < 4.78 is 5.79. The van der Waals surface area contributed by atoms with Gasteiger partial charge in [0, 0.05) is 30.7 Å². The Bertz CT molecular complexity index is 896. The zero-order valence-corrected chi connectivity index (χ0v) is 16.1. The lowest BCUT2D eigenvalue weighted by atomic mass is 10.2. The average Bonchev–Trinajstić information content (AvgIpc) is 2.70. The number of hydrogen-bond donors (Lipinski definition) is 2. The predicted octanol–water partition coefficient (Wildman–Crippen LogP) is 3.91. The van der Waals surface area contributed by atoms with E-state index < -0.39 is 0 Å². The molecule has 2 aromatic carbocycles. The third-order valence-electron chi connectivity index (χ3n) is 3.96. The minimum atomic E-state index is -0.183. The first kappa shape index (κ1) is 19.4. The van der Waals surface area contributed by atoms with E-state index in [4.69, 9.17) is 4.74 Å². The van der Waals surface area contributed by atoms with Crippen LogP contribution in [-0.2, 0) is 0 Å². The fourth-order valence-electron chi connectivity index (χ4n) is 2.51. The Hall–Kier alpha value is -3.38. The zero-order valence-electron chi connectivity index (χ0n) is 16.1. The van der Waals surface area contributed by atoms with E-state index in [2.05, 4.69) is 15.6 Å². The Morgan fingerprint density at radius 1 is 0.964 bits per heavy atom. The van der Waals surface area contributed by atoms with E-state index in [-0.39, 0.29) is 5.91 Å². The number of rotatable bonds is 8. The van der Waals surface area contributed by atoms with Crippen LogP contribution in [0.25, 0.3) is 0 Å². The van der Waals surface area contributed by atoms with Crippen LogP contribution in [0.3, 0.4) is 0 Å². The molecule has 0 radical (unpaired) electrons. The molecule has 0 atom stereocenters. The maximum absolute atomic E-state index is 12.2. The number of nitrogens with zero attached hydrogens (tertiary/aromatic N) is 2. The second-order valence-electron chi connectivity index (χ2n) is 6.55. The highest BCUT2D eigenvalue weighted by Gasteiger charge is 2.08. The monoisotopic (exact) mass is 376 g/mol. The first-order valence-electron chi connectivity index (χ1n) is 9.09. The van der Waals surface area contributed by atoms with E-state index in [9.17, 15) is 4.79 Å². The molecule has 0 spiro atoms. The zero-order chi connectivity index (χ0) is 19.8. The maximum Gasteiger partial charge on any atom is 0.269 e. The first-order chi connectivity index (χ1) is 13.6. The van der Waals surface area contributed by atoms with Gasteiger partial charge in [0.15, 0.2) is 0 Å². The molecule has 6 heteroatoms. The van der Waals surface area contributed by atoms with Crippen LogP contribution in [0.4, 0.5) is 11.4 Å². The number of ether oxygens (including phenoxy) is 1. The SMILES string of the molecule is CN(C)CCNC(=O)c1cc(Nc2ccc(Oc3ccccc3)cc2)ccn1. The Morgan fingerprint density at radius 2 is 1.68 bits per heavy atom. The van der Waals surface area contributed by atoms with Gasteiger partial charge in [-0.1, -0.05) is 18.2 Å². The van der Waals surface area contributed by atoms with Gasteiger partial charge < -0.3 is 20.3 Å². The fourth-order valence-corrected chi connectivity index (χ4v) is 2.51. The normalized spacial score (nSPS) is 10.5. The fraction of sp³-hybridized carbons (Fsp3) is 0.182. The number of amides is 1. The van der Waals surface area contributed by atoms with Crippen LogP contribution >= 0.6 is 0 Å². The van der Waals surface area contributed by atoms with Crippen LogP contribution in [0.2, 0.25) is 0 Å². The summed E-state index contributed by atoms with van der Waals surface area (Å²) in [6.45, 7) is 1.36. The largest absolute Gasteiger partial charge is 0.457 e. The minimum absolute atomic E-state index is 0.183. The van der Waals surface area contributed by atoms with Gasteiger partial charge in [0.25, 0.3) is 5.91 Å². The molecule has 0 saturated heterocycles. The summed E-state index contributed by atoms with van der Waals surface area (Å²) in [4.78, 5) is 18.4. The van der Waals surface area contributed by atoms with Crippen LogP contribution in [0.15, 0.2) is 72.9 Å². The third-order valence-corrected chi connectivity index (χ3v) is 3.96. The molecular weight excluding hydrogens is 352 g/mol. The lowest BCUT2D eigenvalue weighted by Gasteiger charge is -2.11. The molecule has 1 heterocycles. The van der Waals surface area contributed by atoms with E-state index in [0.717, 1.165) is 29.4 Å². The van der Waals surface area contributed by atoms with Crippen LogP contribution in [0, 0.1) is 0 Å². The minimum Gasteiger partial charge on any atom is -0.457 e. The molecule has 0 aliphatic rings.